The van der Waals surface area contributed by atoms with Gasteiger partial charge in [0.15, 0.2) is 0 Å². The first kappa shape index (κ1) is 10.9. The van der Waals surface area contributed by atoms with Crippen molar-refractivity contribution in [3.05, 3.63) is 34.3 Å². The first-order chi connectivity index (χ1) is 7.66. The van der Waals surface area contributed by atoms with Crippen LogP contribution >= 0.6 is 15.9 Å². The van der Waals surface area contributed by atoms with Gasteiger partial charge in [0.2, 0.25) is 0 Å². The standard InChI is InChI=1S/C9H10BrN5O/c1-15-3-2-6(14-15)4-11-9(16)8-7(10)5-12-13-8/h2-3,5H,4H2,1H3,(H,11,16)(H,12,13). The first-order valence-electron chi connectivity index (χ1n) is 4.62. The molecule has 0 radical (unpaired) electrons. The summed E-state index contributed by atoms with van der Waals surface area (Å²) in [5.74, 6) is -0.213. The molecule has 0 aliphatic heterocycles. The van der Waals surface area contributed by atoms with Crippen LogP contribution < -0.4 is 5.32 Å². The lowest BCUT2D eigenvalue weighted by Crippen LogP contribution is -2.23. The van der Waals surface area contributed by atoms with Gasteiger partial charge >= 0.3 is 0 Å². The first-order valence-corrected chi connectivity index (χ1v) is 5.41. The Kier molecular flexibility index (Phi) is 3.04. The third-order valence-electron chi connectivity index (χ3n) is 2.02. The molecule has 2 heterocycles. The maximum absolute atomic E-state index is 11.7. The minimum absolute atomic E-state index is 0.213. The second-order valence-electron chi connectivity index (χ2n) is 3.26. The van der Waals surface area contributed by atoms with E-state index in [1.54, 1.807) is 4.68 Å². The lowest BCUT2D eigenvalue weighted by molar-refractivity contribution is 0.0944. The molecular formula is C9H10BrN5O. The van der Waals surface area contributed by atoms with Crippen LogP contribution in [0, 0.1) is 0 Å². The van der Waals surface area contributed by atoms with Crippen molar-refractivity contribution in [3.8, 4) is 0 Å². The number of carbonyl (C=O) groups excluding carboxylic acids is 1. The van der Waals surface area contributed by atoms with Gasteiger partial charge in [-0.25, -0.2) is 0 Å². The van der Waals surface area contributed by atoms with Crippen LogP contribution in [0.25, 0.3) is 0 Å². The number of carbonyl (C=O) groups is 1. The third-order valence-corrected chi connectivity index (χ3v) is 2.62. The van der Waals surface area contributed by atoms with Crippen molar-refractivity contribution < 1.29 is 4.79 Å². The van der Waals surface area contributed by atoms with E-state index in [-0.39, 0.29) is 5.91 Å². The van der Waals surface area contributed by atoms with Crippen LogP contribution in [-0.4, -0.2) is 25.9 Å². The largest absolute Gasteiger partial charge is 0.345 e. The molecule has 0 aliphatic carbocycles. The Morgan fingerprint density at radius 3 is 3.06 bits per heavy atom. The molecule has 0 aromatic carbocycles. The van der Waals surface area contributed by atoms with Crippen molar-refractivity contribution in [1.82, 2.24) is 25.3 Å². The van der Waals surface area contributed by atoms with Gasteiger partial charge in [0, 0.05) is 13.2 Å². The van der Waals surface area contributed by atoms with Gasteiger partial charge in [0.25, 0.3) is 5.91 Å². The normalized spacial score (nSPS) is 10.4. The maximum atomic E-state index is 11.7. The predicted molar refractivity (Wildman–Crippen MR) is 60.7 cm³/mol. The zero-order chi connectivity index (χ0) is 11.5. The van der Waals surface area contributed by atoms with Gasteiger partial charge < -0.3 is 5.32 Å². The van der Waals surface area contributed by atoms with E-state index in [0.29, 0.717) is 16.7 Å². The number of aryl methyl sites for hydroxylation is 1. The van der Waals surface area contributed by atoms with Gasteiger partial charge in [-0.3, -0.25) is 14.6 Å². The fourth-order valence-corrected chi connectivity index (χ4v) is 1.62. The summed E-state index contributed by atoms with van der Waals surface area (Å²) in [4.78, 5) is 11.7. The van der Waals surface area contributed by atoms with Crippen LogP contribution in [0.3, 0.4) is 0 Å². The Bertz CT molecular complexity index is 503. The van der Waals surface area contributed by atoms with Crippen molar-refractivity contribution in [2.24, 2.45) is 7.05 Å². The minimum Gasteiger partial charge on any atom is -0.345 e. The van der Waals surface area contributed by atoms with Gasteiger partial charge in [-0.2, -0.15) is 10.2 Å². The number of aromatic nitrogens is 4. The topological polar surface area (TPSA) is 75.6 Å². The van der Waals surface area contributed by atoms with Crippen LogP contribution in [0.2, 0.25) is 0 Å². The van der Waals surface area contributed by atoms with Crippen LogP contribution in [0.5, 0.6) is 0 Å². The van der Waals surface area contributed by atoms with Gasteiger partial charge in [0.05, 0.1) is 22.9 Å². The lowest BCUT2D eigenvalue weighted by atomic mass is 10.4. The zero-order valence-electron chi connectivity index (χ0n) is 8.57. The van der Waals surface area contributed by atoms with Crippen LogP contribution in [-0.2, 0) is 13.6 Å². The van der Waals surface area contributed by atoms with E-state index in [1.807, 2.05) is 19.3 Å². The summed E-state index contributed by atoms with van der Waals surface area (Å²) in [6, 6.07) is 1.85. The minimum atomic E-state index is -0.213. The molecule has 0 aliphatic rings. The number of rotatable bonds is 3. The number of H-pyrrole nitrogens is 1. The van der Waals surface area contributed by atoms with E-state index < -0.39 is 0 Å². The molecule has 6 nitrogen and oxygen atoms in total. The molecule has 0 saturated carbocycles. The summed E-state index contributed by atoms with van der Waals surface area (Å²) >= 11 is 3.22. The Balaban J connectivity index is 1.96. The van der Waals surface area contributed by atoms with Crippen molar-refractivity contribution in [2.75, 3.05) is 0 Å². The maximum Gasteiger partial charge on any atom is 0.270 e. The van der Waals surface area contributed by atoms with Crippen LogP contribution in [0.1, 0.15) is 16.2 Å². The zero-order valence-corrected chi connectivity index (χ0v) is 10.2. The molecule has 0 unspecified atom stereocenters. The average molecular weight is 284 g/mol. The van der Waals surface area contributed by atoms with Crippen LogP contribution in [0.15, 0.2) is 22.9 Å². The van der Waals surface area contributed by atoms with Crippen molar-refractivity contribution >= 4 is 21.8 Å². The highest BCUT2D eigenvalue weighted by atomic mass is 79.9. The van der Waals surface area contributed by atoms with Gasteiger partial charge in [0.1, 0.15) is 5.69 Å². The number of amides is 1. The highest BCUT2D eigenvalue weighted by Gasteiger charge is 2.11. The summed E-state index contributed by atoms with van der Waals surface area (Å²) < 4.78 is 2.33. The molecule has 2 aromatic rings. The molecule has 0 fully saturated rings. The smallest absolute Gasteiger partial charge is 0.270 e. The number of hydrogen-bond acceptors (Lipinski definition) is 3. The highest BCUT2D eigenvalue weighted by Crippen LogP contribution is 2.12. The van der Waals surface area contributed by atoms with E-state index in [0.717, 1.165) is 5.69 Å². The van der Waals surface area contributed by atoms with E-state index >= 15 is 0 Å². The van der Waals surface area contributed by atoms with Gasteiger partial charge in [-0.1, -0.05) is 0 Å². The molecule has 16 heavy (non-hydrogen) atoms. The number of halogens is 1. The fourth-order valence-electron chi connectivity index (χ4n) is 1.25. The van der Waals surface area contributed by atoms with Crippen molar-refractivity contribution in [2.45, 2.75) is 6.54 Å². The SMILES string of the molecule is Cn1ccc(CNC(=O)c2[nH]ncc2Br)n1. The lowest BCUT2D eigenvalue weighted by Gasteiger charge is -2.01. The van der Waals surface area contributed by atoms with Crippen LogP contribution in [0.4, 0.5) is 0 Å². The van der Waals surface area contributed by atoms with E-state index in [9.17, 15) is 4.79 Å². The molecule has 0 bridgehead atoms. The molecular weight excluding hydrogens is 274 g/mol. The van der Waals surface area contributed by atoms with E-state index in [1.165, 1.54) is 6.20 Å². The molecule has 2 N–H and O–H groups in total. The summed E-state index contributed by atoms with van der Waals surface area (Å²) in [6.45, 7) is 0.394. The van der Waals surface area contributed by atoms with Gasteiger partial charge in [-0.15, -0.1) is 0 Å². The molecule has 2 aromatic heterocycles. The number of nitrogens with zero attached hydrogens (tertiary/aromatic N) is 3. The molecule has 2 rings (SSSR count). The molecule has 84 valence electrons. The Morgan fingerprint density at radius 2 is 2.50 bits per heavy atom. The number of nitrogens with one attached hydrogen (secondary N) is 2. The predicted octanol–water partition coefficient (Wildman–Crippen LogP) is 0.836. The Labute approximate surface area is 100 Å². The second kappa shape index (κ2) is 4.48. The summed E-state index contributed by atoms with van der Waals surface area (Å²) in [5, 5.41) is 13.3. The molecule has 1 amide bonds. The van der Waals surface area contributed by atoms with Crippen molar-refractivity contribution in [3.63, 3.8) is 0 Å². The quantitative estimate of drug-likeness (QED) is 0.876. The average Bonchev–Trinajstić information content (AvgIpc) is 2.84. The molecule has 7 heteroatoms. The highest BCUT2D eigenvalue weighted by molar-refractivity contribution is 9.10. The van der Waals surface area contributed by atoms with E-state index in [4.69, 9.17) is 0 Å². The summed E-state index contributed by atoms with van der Waals surface area (Å²) in [7, 11) is 1.83. The van der Waals surface area contributed by atoms with E-state index in [2.05, 4.69) is 36.5 Å². The monoisotopic (exact) mass is 283 g/mol. The molecule has 0 saturated heterocycles. The van der Waals surface area contributed by atoms with Gasteiger partial charge in [-0.05, 0) is 22.0 Å². The fraction of sp³-hybridized carbons (Fsp3) is 0.222. The molecule has 0 spiro atoms. The Hall–Kier alpha value is -1.63. The number of aromatic amines is 1. The summed E-state index contributed by atoms with van der Waals surface area (Å²) in [6.07, 6.45) is 3.36. The van der Waals surface area contributed by atoms with Crippen molar-refractivity contribution in [1.29, 1.82) is 0 Å². The Morgan fingerprint density at radius 1 is 1.69 bits per heavy atom. The summed E-state index contributed by atoms with van der Waals surface area (Å²) in [5.41, 5.74) is 1.22. The number of hydrogen-bond donors (Lipinski definition) is 2. The third kappa shape index (κ3) is 2.30. The second-order valence-corrected chi connectivity index (χ2v) is 4.11. The molecule has 0 atom stereocenters.